The van der Waals surface area contributed by atoms with E-state index in [0.29, 0.717) is 11.4 Å². The summed E-state index contributed by atoms with van der Waals surface area (Å²) in [5, 5.41) is 12.2. The van der Waals surface area contributed by atoms with Crippen molar-refractivity contribution in [1.82, 2.24) is 0 Å². The summed E-state index contributed by atoms with van der Waals surface area (Å²) in [5.74, 6) is -0.287. The van der Waals surface area contributed by atoms with Crippen molar-refractivity contribution in [2.75, 3.05) is 12.4 Å². The van der Waals surface area contributed by atoms with Crippen molar-refractivity contribution in [1.29, 1.82) is 0 Å². The van der Waals surface area contributed by atoms with Gasteiger partial charge in [-0.2, -0.15) is 0 Å². The molecule has 0 heterocycles. The molecule has 0 aliphatic heterocycles. The summed E-state index contributed by atoms with van der Waals surface area (Å²) in [4.78, 5) is 11.1. The highest BCUT2D eigenvalue weighted by Crippen LogP contribution is 2.30. The van der Waals surface area contributed by atoms with Crippen molar-refractivity contribution < 1.29 is 14.6 Å². The SMILES string of the molecule is COc1cc(Nc2ccccc2C(=O)O)ccc1Br. The number of hydrogen-bond acceptors (Lipinski definition) is 3. The van der Waals surface area contributed by atoms with Gasteiger partial charge in [0.15, 0.2) is 0 Å². The zero-order valence-electron chi connectivity index (χ0n) is 10.2. The van der Waals surface area contributed by atoms with Crippen molar-refractivity contribution in [3.63, 3.8) is 0 Å². The van der Waals surface area contributed by atoms with Gasteiger partial charge in [0.05, 0.1) is 22.8 Å². The minimum absolute atomic E-state index is 0.226. The lowest BCUT2D eigenvalue weighted by Crippen LogP contribution is -2.02. The number of hydrogen-bond donors (Lipinski definition) is 2. The van der Waals surface area contributed by atoms with Crippen LogP contribution < -0.4 is 10.1 Å². The van der Waals surface area contributed by atoms with Crippen LogP contribution in [0.5, 0.6) is 5.75 Å². The fourth-order valence-electron chi connectivity index (χ4n) is 1.67. The summed E-state index contributed by atoms with van der Waals surface area (Å²) in [5.41, 5.74) is 1.53. The van der Waals surface area contributed by atoms with E-state index in [2.05, 4.69) is 21.2 Å². The molecule has 0 aliphatic carbocycles. The number of halogens is 1. The van der Waals surface area contributed by atoms with Crippen LogP contribution in [-0.4, -0.2) is 18.2 Å². The molecular formula is C14H12BrNO3. The van der Waals surface area contributed by atoms with Crippen LogP contribution in [0, 0.1) is 0 Å². The molecule has 19 heavy (non-hydrogen) atoms. The van der Waals surface area contributed by atoms with Gasteiger partial charge in [-0.3, -0.25) is 0 Å². The molecule has 2 N–H and O–H groups in total. The maximum absolute atomic E-state index is 11.1. The number of rotatable bonds is 4. The van der Waals surface area contributed by atoms with E-state index in [-0.39, 0.29) is 5.56 Å². The third-order valence-electron chi connectivity index (χ3n) is 2.59. The van der Waals surface area contributed by atoms with E-state index in [1.165, 1.54) is 0 Å². The molecule has 0 fully saturated rings. The second-order valence-corrected chi connectivity index (χ2v) is 4.68. The number of carboxylic acids is 1. The molecule has 0 spiro atoms. The Morgan fingerprint density at radius 1 is 1.26 bits per heavy atom. The van der Waals surface area contributed by atoms with Crippen molar-refractivity contribution in [2.45, 2.75) is 0 Å². The molecule has 98 valence electrons. The Morgan fingerprint density at radius 3 is 2.68 bits per heavy atom. The number of nitrogens with one attached hydrogen (secondary N) is 1. The Hall–Kier alpha value is -2.01. The molecule has 0 saturated heterocycles. The first kappa shape index (κ1) is 13.4. The van der Waals surface area contributed by atoms with Gasteiger partial charge in [-0.05, 0) is 40.2 Å². The average molecular weight is 322 g/mol. The average Bonchev–Trinajstić information content (AvgIpc) is 2.41. The fourth-order valence-corrected chi connectivity index (χ4v) is 2.08. The minimum atomic E-state index is -0.966. The Bertz CT molecular complexity index is 613. The topological polar surface area (TPSA) is 58.6 Å². The molecule has 0 bridgehead atoms. The van der Waals surface area contributed by atoms with Gasteiger partial charge in [-0.15, -0.1) is 0 Å². The summed E-state index contributed by atoms with van der Waals surface area (Å²) in [6.45, 7) is 0. The van der Waals surface area contributed by atoms with E-state index in [1.807, 2.05) is 12.1 Å². The molecule has 2 aromatic carbocycles. The zero-order chi connectivity index (χ0) is 13.8. The number of methoxy groups -OCH3 is 1. The van der Waals surface area contributed by atoms with Crippen molar-refractivity contribution in [2.24, 2.45) is 0 Å². The first-order valence-corrected chi connectivity index (χ1v) is 6.34. The number of benzene rings is 2. The Balaban J connectivity index is 2.34. The second-order valence-electron chi connectivity index (χ2n) is 3.83. The molecule has 4 nitrogen and oxygen atoms in total. The first-order chi connectivity index (χ1) is 9.11. The lowest BCUT2D eigenvalue weighted by molar-refractivity contribution is 0.0698. The van der Waals surface area contributed by atoms with Crippen molar-refractivity contribution in [3.05, 3.63) is 52.5 Å². The number of aromatic carboxylic acids is 1. The second kappa shape index (κ2) is 5.75. The molecule has 2 aromatic rings. The predicted molar refractivity (Wildman–Crippen MR) is 77.4 cm³/mol. The molecule has 0 aromatic heterocycles. The highest BCUT2D eigenvalue weighted by molar-refractivity contribution is 9.10. The predicted octanol–water partition coefficient (Wildman–Crippen LogP) is 3.90. The highest BCUT2D eigenvalue weighted by Gasteiger charge is 2.09. The van der Waals surface area contributed by atoms with Crippen molar-refractivity contribution >= 4 is 33.3 Å². The van der Waals surface area contributed by atoms with Crippen LogP contribution in [0.25, 0.3) is 0 Å². The number of carboxylic acid groups (broad SMARTS) is 1. The van der Waals surface area contributed by atoms with Gasteiger partial charge in [0.2, 0.25) is 0 Å². The van der Waals surface area contributed by atoms with Crippen LogP contribution >= 0.6 is 15.9 Å². The maximum Gasteiger partial charge on any atom is 0.337 e. The third-order valence-corrected chi connectivity index (χ3v) is 3.24. The number of anilines is 2. The minimum Gasteiger partial charge on any atom is -0.495 e. The van der Waals surface area contributed by atoms with E-state index in [4.69, 9.17) is 9.84 Å². The summed E-state index contributed by atoms with van der Waals surface area (Å²) in [6, 6.07) is 12.2. The van der Waals surface area contributed by atoms with E-state index >= 15 is 0 Å². The Morgan fingerprint density at radius 2 is 2.00 bits per heavy atom. The fraction of sp³-hybridized carbons (Fsp3) is 0.0714. The molecule has 0 radical (unpaired) electrons. The quantitative estimate of drug-likeness (QED) is 0.896. The number of para-hydroxylation sites is 1. The summed E-state index contributed by atoms with van der Waals surface area (Å²) in [6.07, 6.45) is 0. The van der Waals surface area contributed by atoms with Crippen LogP contribution in [-0.2, 0) is 0 Å². The summed E-state index contributed by atoms with van der Waals surface area (Å²) in [7, 11) is 1.58. The molecular weight excluding hydrogens is 310 g/mol. The standard InChI is InChI=1S/C14H12BrNO3/c1-19-13-8-9(6-7-11(13)15)16-12-5-3-2-4-10(12)14(17)18/h2-8,16H,1H3,(H,17,18). The van der Waals surface area contributed by atoms with E-state index in [1.54, 1.807) is 37.4 Å². The van der Waals surface area contributed by atoms with E-state index < -0.39 is 5.97 Å². The lowest BCUT2D eigenvalue weighted by atomic mass is 10.1. The van der Waals surface area contributed by atoms with Gasteiger partial charge in [-0.1, -0.05) is 12.1 Å². The Kier molecular flexibility index (Phi) is 4.06. The molecule has 0 unspecified atom stereocenters. The number of carbonyl (C=O) groups is 1. The summed E-state index contributed by atoms with van der Waals surface area (Å²) >= 11 is 3.37. The van der Waals surface area contributed by atoms with Gasteiger partial charge < -0.3 is 15.2 Å². The third kappa shape index (κ3) is 3.06. The van der Waals surface area contributed by atoms with Crippen LogP contribution in [0.4, 0.5) is 11.4 Å². The van der Waals surface area contributed by atoms with Gasteiger partial charge in [0, 0.05) is 11.8 Å². The van der Waals surface area contributed by atoms with E-state index in [0.717, 1.165) is 10.2 Å². The first-order valence-electron chi connectivity index (χ1n) is 5.54. The molecule has 5 heteroatoms. The molecule has 2 rings (SSSR count). The largest absolute Gasteiger partial charge is 0.495 e. The zero-order valence-corrected chi connectivity index (χ0v) is 11.8. The van der Waals surface area contributed by atoms with Gasteiger partial charge in [0.25, 0.3) is 0 Å². The summed E-state index contributed by atoms with van der Waals surface area (Å²) < 4.78 is 6.04. The lowest BCUT2D eigenvalue weighted by Gasteiger charge is -2.11. The smallest absolute Gasteiger partial charge is 0.337 e. The van der Waals surface area contributed by atoms with Gasteiger partial charge in [-0.25, -0.2) is 4.79 Å². The molecule has 0 amide bonds. The van der Waals surface area contributed by atoms with E-state index in [9.17, 15) is 4.79 Å². The monoisotopic (exact) mass is 321 g/mol. The van der Waals surface area contributed by atoms with Gasteiger partial charge >= 0.3 is 5.97 Å². The normalized spacial score (nSPS) is 10.0. The van der Waals surface area contributed by atoms with Crippen LogP contribution in [0.3, 0.4) is 0 Å². The highest BCUT2D eigenvalue weighted by atomic mass is 79.9. The van der Waals surface area contributed by atoms with Crippen LogP contribution in [0.2, 0.25) is 0 Å². The van der Waals surface area contributed by atoms with Gasteiger partial charge in [0.1, 0.15) is 5.75 Å². The van der Waals surface area contributed by atoms with Crippen LogP contribution in [0.1, 0.15) is 10.4 Å². The Labute approximate surface area is 119 Å². The molecule has 0 aliphatic rings. The van der Waals surface area contributed by atoms with Crippen LogP contribution in [0.15, 0.2) is 46.9 Å². The number of ether oxygens (including phenoxy) is 1. The maximum atomic E-state index is 11.1. The van der Waals surface area contributed by atoms with Crippen molar-refractivity contribution in [3.8, 4) is 5.75 Å². The molecule has 0 saturated carbocycles. The molecule has 0 atom stereocenters.